The standard InChI is InChI=1S/C12H13N3O3S2/c1-15(8-12(16)14-10-4-6-19-9-10)20(17,18)11-3-2-5-13-7-11/h2-7,9H,8H2,1H3,(H,14,16). The normalized spacial score (nSPS) is 11.5. The largest absolute Gasteiger partial charge is 0.324 e. The fraction of sp³-hybridized carbons (Fsp3) is 0.167. The summed E-state index contributed by atoms with van der Waals surface area (Å²) in [6.45, 7) is -0.257. The number of carbonyl (C=O) groups is 1. The Labute approximate surface area is 121 Å². The third-order valence-electron chi connectivity index (χ3n) is 2.51. The van der Waals surface area contributed by atoms with Gasteiger partial charge in [0.1, 0.15) is 4.90 Å². The Balaban J connectivity index is 2.04. The van der Waals surface area contributed by atoms with Crippen molar-refractivity contribution in [3.63, 3.8) is 0 Å². The van der Waals surface area contributed by atoms with Crippen LogP contribution in [0.3, 0.4) is 0 Å². The molecule has 2 aromatic heterocycles. The van der Waals surface area contributed by atoms with Crippen molar-refractivity contribution in [1.82, 2.24) is 9.29 Å². The molecule has 2 rings (SSSR count). The number of anilines is 1. The van der Waals surface area contributed by atoms with Gasteiger partial charge in [-0.2, -0.15) is 15.6 Å². The summed E-state index contributed by atoms with van der Waals surface area (Å²) in [6.07, 6.45) is 2.74. The summed E-state index contributed by atoms with van der Waals surface area (Å²) in [5.41, 5.74) is 0.659. The lowest BCUT2D eigenvalue weighted by molar-refractivity contribution is -0.116. The number of amides is 1. The molecule has 0 aliphatic carbocycles. The summed E-state index contributed by atoms with van der Waals surface area (Å²) in [6, 6.07) is 4.72. The minimum atomic E-state index is -3.70. The van der Waals surface area contributed by atoms with Gasteiger partial charge < -0.3 is 5.32 Å². The zero-order valence-electron chi connectivity index (χ0n) is 10.7. The number of pyridine rings is 1. The first-order chi connectivity index (χ1) is 9.50. The highest BCUT2D eigenvalue weighted by Gasteiger charge is 2.23. The van der Waals surface area contributed by atoms with E-state index < -0.39 is 15.9 Å². The van der Waals surface area contributed by atoms with Crippen LogP contribution in [-0.2, 0) is 14.8 Å². The Morgan fingerprint density at radius 3 is 2.85 bits per heavy atom. The molecule has 1 N–H and O–H groups in total. The van der Waals surface area contributed by atoms with Gasteiger partial charge in [0, 0.05) is 24.8 Å². The van der Waals surface area contributed by atoms with E-state index in [1.807, 2.05) is 5.38 Å². The second-order valence-corrected chi connectivity index (χ2v) is 6.83. The Bertz CT molecular complexity index is 669. The molecule has 0 fully saturated rings. The monoisotopic (exact) mass is 311 g/mol. The summed E-state index contributed by atoms with van der Waals surface area (Å²) < 4.78 is 25.3. The average Bonchev–Trinajstić information content (AvgIpc) is 2.92. The first-order valence-corrected chi connectivity index (χ1v) is 8.07. The van der Waals surface area contributed by atoms with Crippen LogP contribution in [-0.4, -0.2) is 37.2 Å². The number of thiophene rings is 1. The van der Waals surface area contributed by atoms with Gasteiger partial charge in [0.2, 0.25) is 15.9 Å². The first-order valence-electron chi connectivity index (χ1n) is 5.68. The lowest BCUT2D eigenvalue weighted by atomic mass is 10.5. The van der Waals surface area contributed by atoms with E-state index in [0.717, 1.165) is 4.31 Å². The average molecular weight is 311 g/mol. The van der Waals surface area contributed by atoms with E-state index in [1.54, 1.807) is 11.4 Å². The van der Waals surface area contributed by atoms with Gasteiger partial charge in [0.05, 0.1) is 12.2 Å². The highest BCUT2D eigenvalue weighted by atomic mass is 32.2. The predicted octanol–water partition coefficient (Wildman–Crippen LogP) is 1.40. The van der Waals surface area contributed by atoms with Gasteiger partial charge in [-0.1, -0.05) is 0 Å². The molecule has 8 heteroatoms. The first kappa shape index (κ1) is 14.6. The molecule has 2 heterocycles. The topological polar surface area (TPSA) is 79.4 Å². The molecule has 2 aromatic rings. The Morgan fingerprint density at radius 2 is 2.25 bits per heavy atom. The third-order valence-corrected chi connectivity index (χ3v) is 4.98. The zero-order valence-corrected chi connectivity index (χ0v) is 12.3. The molecule has 0 spiro atoms. The number of hydrogen-bond acceptors (Lipinski definition) is 5. The number of nitrogens with one attached hydrogen (secondary N) is 1. The molecule has 20 heavy (non-hydrogen) atoms. The molecule has 106 valence electrons. The molecule has 0 saturated heterocycles. The minimum absolute atomic E-state index is 0.0610. The molecule has 0 aliphatic heterocycles. The number of aromatic nitrogens is 1. The lowest BCUT2D eigenvalue weighted by Gasteiger charge is -2.16. The molecular formula is C12H13N3O3S2. The van der Waals surface area contributed by atoms with Crippen LogP contribution in [0.1, 0.15) is 0 Å². The molecule has 0 saturated carbocycles. The molecule has 6 nitrogen and oxygen atoms in total. The van der Waals surface area contributed by atoms with Gasteiger partial charge in [-0.15, -0.1) is 0 Å². The summed E-state index contributed by atoms with van der Waals surface area (Å²) >= 11 is 1.45. The smallest absolute Gasteiger partial charge is 0.244 e. The van der Waals surface area contributed by atoms with Crippen LogP contribution in [0.2, 0.25) is 0 Å². The fourth-order valence-corrected chi connectivity index (χ4v) is 3.18. The number of carbonyl (C=O) groups excluding carboxylic acids is 1. The molecule has 0 aromatic carbocycles. The van der Waals surface area contributed by atoms with Crippen LogP contribution in [0.5, 0.6) is 0 Å². The van der Waals surface area contributed by atoms with Crippen LogP contribution in [0.4, 0.5) is 5.69 Å². The van der Waals surface area contributed by atoms with E-state index in [2.05, 4.69) is 10.3 Å². The summed E-state index contributed by atoms with van der Waals surface area (Å²) in [4.78, 5) is 15.6. The van der Waals surface area contributed by atoms with Crippen molar-refractivity contribution in [2.24, 2.45) is 0 Å². The Kier molecular flexibility index (Phi) is 4.48. The van der Waals surface area contributed by atoms with E-state index in [0.29, 0.717) is 5.69 Å². The van der Waals surface area contributed by atoms with Crippen molar-refractivity contribution < 1.29 is 13.2 Å². The third kappa shape index (κ3) is 3.41. The molecular weight excluding hydrogens is 298 g/mol. The molecule has 0 bridgehead atoms. The van der Waals surface area contributed by atoms with E-state index in [9.17, 15) is 13.2 Å². The summed E-state index contributed by atoms with van der Waals surface area (Å²) in [5, 5.41) is 6.22. The molecule has 1 amide bonds. The fourth-order valence-electron chi connectivity index (χ4n) is 1.50. The van der Waals surface area contributed by atoms with Gasteiger partial charge in [-0.3, -0.25) is 9.78 Å². The van der Waals surface area contributed by atoms with Crippen LogP contribution < -0.4 is 5.32 Å². The second kappa shape index (κ2) is 6.12. The van der Waals surface area contributed by atoms with Crippen molar-refractivity contribution >= 4 is 33.0 Å². The van der Waals surface area contributed by atoms with Gasteiger partial charge in [-0.05, 0) is 23.6 Å². The maximum atomic E-state index is 12.2. The van der Waals surface area contributed by atoms with Crippen LogP contribution in [0, 0.1) is 0 Å². The van der Waals surface area contributed by atoms with Crippen LogP contribution in [0.15, 0.2) is 46.2 Å². The van der Waals surface area contributed by atoms with Crippen molar-refractivity contribution in [3.05, 3.63) is 41.4 Å². The number of likely N-dealkylation sites (N-methyl/N-ethyl adjacent to an activating group) is 1. The van der Waals surface area contributed by atoms with Crippen LogP contribution in [0.25, 0.3) is 0 Å². The summed E-state index contributed by atoms with van der Waals surface area (Å²) in [7, 11) is -2.34. The van der Waals surface area contributed by atoms with Crippen molar-refractivity contribution in [2.75, 3.05) is 18.9 Å². The van der Waals surface area contributed by atoms with E-state index in [1.165, 1.54) is 42.9 Å². The quantitative estimate of drug-likeness (QED) is 0.905. The molecule has 0 unspecified atom stereocenters. The highest BCUT2D eigenvalue weighted by Crippen LogP contribution is 2.14. The number of sulfonamides is 1. The van der Waals surface area contributed by atoms with Crippen molar-refractivity contribution in [1.29, 1.82) is 0 Å². The maximum Gasteiger partial charge on any atom is 0.244 e. The van der Waals surface area contributed by atoms with Gasteiger partial charge in [0.25, 0.3) is 0 Å². The molecule has 0 aliphatic rings. The number of hydrogen-bond donors (Lipinski definition) is 1. The van der Waals surface area contributed by atoms with Gasteiger partial charge >= 0.3 is 0 Å². The van der Waals surface area contributed by atoms with Crippen molar-refractivity contribution in [3.8, 4) is 0 Å². The lowest BCUT2D eigenvalue weighted by Crippen LogP contribution is -2.34. The highest BCUT2D eigenvalue weighted by molar-refractivity contribution is 7.89. The molecule has 0 atom stereocenters. The summed E-state index contributed by atoms with van der Waals surface area (Å²) in [5.74, 6) is -0.390. The van der Waals surface area contributed by atoms with Gasteiger partial charge in [0.15, 0.2) is 0 Å². The predicted molar refractivity (Wildman–Crippen MR) is 77.0 cm³/mol. The van der Waals surface area contributed by atoms with Crippen molar-refractivity contribution in [2.45, 2.75) is 4.90 Å². The SMILES string of the molecule is CN(CC(=O)Nc1ccsc1)S(=O)(=O)c1cccnc1. The van der Waals surface area contributed by atoms with E-state index in [4.69, 9.17) is 0 Å². The Morgan fingerprint density at radius 1 is 1.45 bits per heavy atom. The number of rotatable bonds is 5. The minimum Gasteiger partial charge on any atom is -0.324 e. The second-order valence-electron chi connectivity index (χ2n) is 4.01. The zero-order chi connectivity index (χ0) is 14.6. The van der Waals surface area contributed by atoms with E-state index >= 15 is 0 Å². The number of nitrogens with zero attached hydrogens (tertiary/aromatic N) is 2. The van der Waals surface area contributed by atoms with Crippen LogP contribution >= 0.6 is 11.3 Å². The molecule has 0 radical (unpaired) electrons. The Hall–Kier alpha value is -1.77. The van der Waals surface area contributed by atoms with Gasteiger partial charge in [-0.25, -0.2) is 8.42 Å². The van der Waals surface area contributed by atoms with E-state index in [-0.39, 0.29) is 11.4 Å². The maximum absolute atomic E-state index is 12.2.